The topological polar surface area (TPSA) is 70.6 Å². The second kappa shape index (κ2) is 6.85. The van der Waals surface area contributed by atoms with E-state index in [1.807, 2.05) is 37.3 Å². The number of nitrogens with zero attached hydrogens (tertiary/aromatic N) is 1. The smallest absolute Gasteiger partial charge is 0.188 e. The minimum Gasteiger partial charge on any atom is -0.394 e. The van der Waals surface area contributed by atoms with Crippen LogP contribution in [-0.2, 0) is 6.42 Å². The maximum Gasteiger partial charge on any atom is 0.188 e. The summed E-state index contributed by atoms with van der Waals surface area (Å²) < 4.78 is 0. The molecule has 0 aliphatic carbocycles. The molecule has 0 saturated carbocycles. The van der Waals surface area contributed by atoms with Gasteiger partial charge in [0.25, 0.3) is 0 Å². The number of nitrogens with one attached hydrogen (secondary N) is 1. The van der Waals surface area contributed by atoms with Crippen molar-refractivity contribution in [2.75, 3.05) is 13.2 Å². The first-order chi connectivity index (χ1) is 7.76. The first kappa shape index (κ1) is 12.5. The second-order valence-electron chi connectivity index (χ2n) is 3.57. The summed E-state index contributed by atoms with van der Waals surface area (Å²) in [6.07, 6.45) is 0.733. The largest absolute Gasteiger partial charge is 0.394 e. The summed E-state index contributed by atoms with van der Waals surface area (Å²) in [7, 11) is 0. The van der Waals surface area contributed by atoms with Gasteiger partial charge in [-0.1, -0.05) is 30.3 Å². The molecule has 1 aromatic rings. The van der Waals surface area contributed by atoms with Gasteiger partial charge in [0.1, 0.15) is 0 Å². The van der Waals surface area contributed by atoms with E-state index < -0.39 is 0 Å². The summed E-state index contributed by atoms with van der Waals surface area (Å²) in [5.74, 6) is 0.387. The Morgan fingerprint density at radius 2 is 2.12 bits per heavy atom. The number of aliphatic hydroxyl groups excluding tert-OH is 1. The van der Waals surface area contributed by atoms with Crippen molar-refractivity contribution >= 4 is 5.96 Å². The highest BCUT2D eigenvalue weighted by molar-refractivity contribution is 5.78. The number of benzene rings is 1. The number of rotatable bonds is 5. The first-order valence-electron chi connectivity index (χ1n) is 5.47. The average Bonchev–Trinajstić information content (AvgIpc) is 2.30. The molecule has 0 heterocycles. The van der Waals surface area contributed by atoms with Gasteiger partial charge in [-0.15, -0.1) is 0 Å². The van der Waals surface area contributed by atoms with Crippen LogP contribution in [0.3, 0.4) is 0 Å². The Balaban J connectivity index is 2.53. The van der Waals surface area contributed by atoms with Gasteiger partial charge in [-0.2, -0.15) is 0 Å². The van der Waals surface area contributed by atoms with Gasteiger partial charge in [-0.05, 0) is 18.9 Å². The Bertz CT molecular complexity index is 324. The predicted molar refractivity (Wildman–Crippen MR) is 66.3 cm³/mol. The lowest BCUT2D eigenvalue weighted by Crippen LogP contribution is -2.43. The Morgan fingerprint density at radius 1 is 1.44 bits per heavy atom. The Kier molecular flexibility index (Phi) is 5.36. The minimum absolute atomic E-state index is 0.0365. The zero-order valence-corrected chi connectivity index (χ0v) is 9.56. The van der Waals surface area contributed by atoms with Crippen molar-refractivity contribution in [3.8, 4) is 0 Å². The molecule has 1 atom stereocenters. The Labute approximate surface area is 96.2 Å². The maximum absolute atomic E-state index is 9.23. The average molecular weight is 221 g/mol. The molecule has 4 heteroatoms. The summed E-state index contributed by atoms with van der Waals surface area (Å²) in [6.45, 7) is 2.59. The van der Waals surface area contributed by atoms with E-state index in [0.717, 1.165) is 6.42 Å². The lowest BCUT2D eigenvalue weighted by Gasteiger charge is -2.16. The lowest BCUT2D eigenvalue weighted by molar-refractivity contribution is 0.254. The van der Waals surface area contributed by atoms with Crippen LogP contribution in [0.25, 0.3) is 0 Å². The first-order valence-corrected chi connectivity index (χ1v) is 5.47. The number of guanidine groups is 1. The number of aliphatic hydroxyl groups is 1. The molecule has 88 valence electrons. The van der Waals surface area contributed by atoms with E-state index in [2.05, 4.69) is 10.3 Å². The van der Waals surface area contributed by atoms with Crippen LogP contribution in [0.4, 0.5) is 0 Å². The van der Waals surface area contributed by atoms with Crippen molar-refractivity contribution in [2.45, 2.75) is 19.4 Å². The number of aliphatic imine (C=N–C) groups is 1. The molecule has 0 aliphatic rings. The van der Waals surface area contributed by atoms with Gasteiger partial charge in [-0.25, -0.2) is 0 Å². The molecule has 0 aliphatic heterocycles. The van der Waals surface area contributed by atoms with Crippen LogP contribution in [0.5, 0.6) is 0 Å². The van der Waals surface area contributed by atoms with Gasteiger partial charge < -0.3 is 16.2 Å². The van der Waals surface area contributed by atoms with Gasteiger partial charge in [0.2, 0.25) is 0 Å². The fraction of sp³-hybridized carbons (Fsp3) is 0.417. The second-order valence-corrected chi connectivity index (χ2v) is 3.57. The summed E-state index contributed by atoms with van der Waals surface area (Å²) >= 11 is 0. The van der Waals surface area contributed by atoms with Crippen molar-refractivity contribution in [1.29, 1.82) is 0 Å². The third kappa shape index (κ3) is 4.31. The molecule has 0 spiro atoms. The van der Waals surface area contributed by atoms with Gasteiger partial charge in [0, 0.05) is 6.54 Å². The summed E-state index contributed by atoms with van der Waals surface area (Å²) in [4.78, 5) is 4.03. The van der Waals surface area contributed by atoms with E-state index in [1.54, 1.807) is 0 Å². The molecule has 0 aromatic heterocycles. The molecule has 16 heavy (non-hydrogen) atoms. The molecular weight excluding hydrogens is 202 g/mol. The van der Waals surface area contributed by atoms with Crippen LogP contribution in [0, 0.1) is 0 Å². The molecule has 0 radical (unpaired) electrons. The van der Waals surface area contributed by atoms with E-state index in [1.165, 1.54) is 5.56 Å². The summed E-state index contributed by atoms with van der Waals surface area (Å²) in [5.41, 5.74) is 6.81. The van der Waals surface area contributed by atoms with Crippen molar-refractivity contribution in [2.24, 2.45) is 10.7 Å². The number of hydrogen-bond donors (Lipinski definition) is 3. The SMILES string of the molecule is CCN=C(N)NC(CO)Cc1ccccc1. The van der Waals surface area contributed by atoms with E-state index in [0.29, 0.717) is 12.5 Å². The fourth-order valence-electron chi connectivity index (χ4n) is 1.48. The molecular formula is C12H19N3O. The molecule has 4 nitrogen and oxygen atoms in total. The van der Waals surface area contributed by atoms with Crippen molar-refractivity contribution < 1.29 is 5.11 Å². The van der Waals surface area contributed by atoms with Gasteiger partial charge >= 0.3 is 0 Å². The van der Waals surface area contributed by atoms with Crippen LogP contribution in [0.15, 0.2) is 35.3 Å². The molecule has 0 saturated heterocycles. The lowest BCUT2D eigenvalue weighted by atomic mass is 10.1. The quantitative estimate of drug-likeness (QED) is 0.501. The molecule has 1 aromatic carbocycles. The highest BCUT2D eigenvalue weighted by Gasteiger charge is 2.08. The zero-order chi connectivity index (χ0) is 11.8. The van der Waals surface area contributed by atoms with Crippen molar-refractivity contribution in [3.63, 3.8) is 0 Å². The van der Waals surface area contributed by atoms with Gasteiger partial charge in [-0.3, -0.25) is 4.99 Å². The maximum atomic E-state index is 9.23. The standard InChI is InChI=1S/C12H19N3O/c1-2-14-12(13)15-11(9-16)8-10-6-4-3-5-7-10/h3-7,11,16H,2,8-9H2,1H3,(H3,13,14,15). The van der Waals surface area contributed by atoms with Crippen LogP contribution >= 0.6 is 0 Å². The third-order valence-electron chi connectivity index (χ3n) is 2.23. The van der Waals surface area contributed by atoms with E-state index in [-0.39, 0.29) is 12.6 Å². The predicted octanol–water partition coefficient (Wildman–Crippen LogP) is 0.514. The zero-order valence-electron chi connectivity index (χ0n) is 9.56. The molecule has 1 rings (SSSR count). The molecule has 0 bridgehead atoms. The van der Waals surface area contributed by atoms with Crippen LogP contribution in [-0.4, -0.2) is 30.3 Å². The monoisotopic (exact) mass is 221 g/mol. The minimum atomic E-state index is -0.0855. The Hall–Kier alpha value is -1.55. The van der Waals surface area contributed by atoms with Crippen LogP contribution in [0.1, 0.15) is 12.5 Å². The number of hydrogen-bond acceptors (Lipinski definition) is 2. The molecule has 0 amide bonds. The summed E-state index contributed by atoms with van der Waals surface area (Å²) in [5, 5.41) is 12.2. The van der Waals surface area contributed by atoms with E-state index in [9.17, 15) is 5.11 Å². The molecule has 4 N–H and O–H groups in total. The fourth-order valence-corrected chi connectivity index (χ4v) is 1.48. The van der Waals surface area contributed by atoms with Crippen LogP contribution < -0.4 is 11.1 Å². The van der Waals surface area contributed by atoms with Gasteiger partial charge in [0.15, 0.2) is 5.96 Å². The van der Waals surface area contributed by atoms with E-state index in [4.69, 9.17) is 5.73 Å². The van der Waals surface area contributed by atoms with Crippen molar-refractivity contribution in [3.05, 3.63) is 35.9 Å². The molecule has 0 fully saturated rings. The Morgan fingerprint density at radius 3 is 2.69 bits per heavy atom. The van der Waals surface area contributed by atoms with Gasteiger partial charge in [0.05, 0.1) is 12.6 Å². The van der Waals surface area contributed by atoms with E-state index >= 15 is 0 Å². The normalized spacial score (nSPS) is 13.5. The highest BCUT2D eigenvalue weighted by atomic mass is 16.3. The molecule has 1 unspecified atom stereocenters. The third-order valence-corrected chi connectivity index (χ3v) is 2.23. The highest BCUT2D eigenvalue weighted by Crippen LogP contribution is 2.02. The van der Waals surface area contributed by atoms with Crippen molar-refractivity contribution in [1.82, 2.24) is 5.32 Å². The van der Waals surface area contributed by atoms with Crippen LogP contribution in [0.2, 0.25) is 0 Å². The summed E-state index contributed by atoms with van der Waals surface area (Å²) in [6, 6.07) is 9.89. The number of nitrogens with two attached hydrogens (primary N) is 1.